The molecule has 0 unspecified atom stereocenters. The number of likely N-dealkylation sites (N-methyl/N-ethyl adjacent to an activating group) is 1. The van der Waals surface area contributed by atoms with Crippen LogP contribution in [-0.4, -0.2) is 69.7 Å². The number of hydrogen-bond donors (Lipinski definition) is 5. The van der Waals surface area contributed by atoms with Crippen LogP contribution in [-0.2, 0) is 4.74 Å². The monoisotopic (exact) mass is 313 g/mol. The Balaban J connectivity index is 2.39. The minimum atomic E-state index is -1.32. The molecule has 5 atom stereocenters. The van der Waals surface area contributed by atoms with Gasteiger partial charge in [0.05, 0.1) is 6.10 Å². The van der Waals surface area contributed by atoms with Crippen molar-refractivity contribution in [1.29, 1.82) is 0 Å². The average molecular weight is 313 g/mol. The molecule has 0 radical (unpaired) electrons. The summed E-state index contributed by atoms with van der Waals surface area (Å²) >= 11 is 0. The molecular formula is C12H19N5O5. The fourth-order valence-electron chi connectivity index (χ4n) is 2.39. The minimum absolute atomic E-state index is 0.0405. The highest BCUT2D eigenvalue weighted by atomic mass is 16.6. The Bertz CT molecular complexity index is 618. The van der Waals surface area contributed by atoms with Gasteiger partial charge in [0.25, 0.3) is 5.56 Å². The van der Waals surface area contributed by atoms with Gasteiger partial charge in [-0.2, -0.15) is 4.98 Å². The van der Waals surface area contributed by atoms with E-state index in [1.807, 2.05) is 0 Å². The molecule has 0 saturated carbocycles. The number of nitrogen functional groups attached to an aromatic ring is 1. The van der Waals surface area contributed by atoms with E-state index in [0.717, 1.165) is 0 Å². The summed E-state index contributed by atoms with van der Waals surface area (Å²) in [5.74, 6) is -0.0990. The molecule has 10 heteroatoms. The molecular weight excluding hydrogens is 294 g/mol. The molecule has 1 aliphatic heterocycles. The maximum absolute atomic E-state index is 11.8. The molecule has 0 spiro atoms. The van der Waals surface area contributed by atoms with E-state index in [0.29, 0.717) is 0 Å². The van der Waals surface area contributed by atoms with Crippen molar-refractivity contribution in [2.45, 2.75) is 37.6 Å². The van der Waals surface area contributed by atoms with Crippen molar-refractivity contribution in [3.8, 4) is 0 Å². The Labute approximate surface area is 125 Å². The highest BCUT2D eigenvalue weighted by molar-refractivity contribution is 5.65. The number of hydrogen-bond acceptors (Lipinski definition) is 9. The predicted octanol–water partition coefficient (Wildman–Crippen LogP) is -2.05. The molecule has 122 valence electrons. The third-order valence-corrected chi connectivity index (χ3v) is 3.52. The fourth-order valence-corrected chi connectivity index (χ4v) is 2.39. The molecule has 22 heavy (non-hydrogen) atoms. The summed E-state index contributed by atoms with van der Waals surface area (Å²) in [6.07, 6.45) is -5.60. The first-order valence-corrected chi connectivity index (χ1v) is 6.57. The van der Waals surface area contributed by atoms with Gasteiger partial charge in [-0.15, -0.1) is 0 Å². The summed E-state index contributed by atoms with van der Waals surface area (Å²) in [7, 11) is 1.49. The average Bonchev–Trinajstić information content (AvgIpc) is 2.74. The van der Waals surface area contributed by atoms with Crippen LogP contribution in [0.5, 0.6) is 0 Å². The van der Waals surface area contributed by atoms with Gasteiger partial charge < -0.3 is 30.7 Å². The highest BCUT2D eigenvalue weighted by Crippen LogP contribution is 2.31. The number of ether oxygens (including phenoxy) is 1. The number of rotatable bonds is 4. The van der Waals surface area contributed by atoms with Gasteiger partial charge in [0.2, 0.25) is 5.95 Å². The van der Waals surface area contributed by atoms with Crippen LogP contribution in [0.1, 0.15) is 6.92 Å². The Morgan fingerprint density at radius 2 is 2.14 bits per heavy atom. The maximum atomic E-state index is 11.8. The Hall–Kier alpha value is -2.01. The molecule has 6 N–H and O–H groups in total. The van der Waals surface area contributed by atoms with Gasteiger partial charge in [0.15, 0.2) is 17.7 Å². The minimum Gasteiger partial charge on any atom is -0.391 e. The molecule has 1 fully saturated rings. The number of aliphatic imine (C=N–C) groups is 1. The van der Waals surface area contributed by atoms with Crippen molar-refractivity contribution in [3.63, 3.8) is 0 Å². The molecule has 0 aromatic carbocycles. The van der Waals surface area contributed by atoms with Crippen molar-refractivity contribution >= 4 is 24.2 Å². The number of aromatic nitrogens is 2. The van der Waals surface area contributed by atoms with Crippen molar-refractivity contribution in [2.75, 3.05) is 17.7 Å². The summed E-state index contributed by atoms with van der Waals surface area (Å²) in [5, 5.41) is 29.6. The molecule has 0 bridgehead atoms. The van der Waals surface area contributed by atoms with Crippen LogP contribution in [0.3, 0.4) is 0 Å². The van der Waals surface area contributed by atoms with Gasteiger partial charge in [0, 0.05) is 7.05 Å². The van der Waals surface area contributed by atoms with Crippen molar-refractivity contribution in [1.82, 2.24) is 9.97 Å². The Morgan fingerprint density at radius 3 is 2.64 bits per heavy atom. The number of nitrogens with one attached hydrogen (secondary N) is 1. The van der Waals surface area contributed by atoms with Gasteiger partial charge >= 0.3 is 0 Å². The lowest BCUT2D eigenvalue weighted by Gasteiger charge is -2.28. The van der Waals surface area contributed by atoms with E-state index >= 15 is 0 Å². The largest absolute Gasteiger partial charge is 0.391 e. The van der Waals surface area contributed by atoms with Crippen molar-refractivity contribution in [3.05, 3.63) is 10.4 Å². The van der Waals surface area contributed by atoms with E-state index in [9.17, 15) is 20.1 Å². The number of aliphatic hydroxyl groups is 3. The Kier molecular flexibility index (Phi) is 4.47. The first-order chi connectivity index (χ1) is 10.3. The summed E-state index contributed by atoms with van der Waals surface area (Å²) in [6, 6.07) is 0. The number of H-pyrrole nitrogens is 1. The van der Waals surface area contributed by atoms with Crippen LogP contribution in [0, 0.1) is 0 Å². The lowest BCUT2D eigenvalue weighted by molar-refractivity contribution is -0.0576. The second-order valence-corrected chi connectivity index (χ2v) is 5.11. The van der Waals surface area contributed by atoms with Crippen LogP contribution >= 0.6 is 0 Å². The number of aromatic amines is 1. The van der Waals surface area contributed by atoms with Crippen molar-refractivity contribution in [2.24, 2.45) is 4.99 Å². The lowest BCUT2D eigenvalue weighted by atomic mass is 10.1. The molecule has 1 aromatic heterocycles. The molecule has 2 rings (SSSR count). The lowest BCUT2D eigenvalue weighted by Crippen LogP contribution is -2.43. The van der Waals surface area contributed by atoms with Gasteiger partial charge in [0.1, 0.15) is 18.3 Å². The quantitative estimate of drug-likeness (QED) is 0.397. The first kappa shape index (κ1) is 16.4. The van der Waals surface area contributed by atoms with Gasteiger partial charge in [-0.25, -0.2) is 0 Å². The molecule has 2 heterocycles. The third kappa shape index (κ3) is 2.68. The van der Waals surface area contributed by atoms with E-state index in [2.05, 4.69) is 21.7 Å². The second kappa shape index (κ2) is 6.01. The SMILES string of the molecule is C=Nc1c(N(C)[C@@H]2O[C@H]([C@@H](C)O)[C@@H](O)[C@H]2O)nc(N)[nH]c1=O. The van der Waals surface area contributed by atoms with Gasteiger partial charge in [-0.3, -0.25) is 14.8 Å². The van der Waals surface area contributed by atoms with Crippen LogP contribution in [0.15, 0.2) is 9.79 Å². The zero-order chi connectivity index (χ0) is 16.6. The van der Waals surface area contributed by atoms with Crippen LogP contribution < -0.4 is 16.2 Å². The summed E-state index contributed by atoms with van der Waals surface area (Å²) < 4.78 is 5.46. The molecule has 0 aliphatic carbocycles. The highest BCUT2D eigenvalue weighted by Gasteiger charge is 2.47. The smallest absolute Gasteiger partial charge is 0.280 e. The molecule has 1 saturated heterocycles. The number of nitrogens with two attached hydrogens (primary N) is 1. The Morgan fingerprint density at radius 1 is 1.50 bits per heavy atom. The van der Waals surface area contributed by atoms with E-state index < -0.39 is 36.2 Å². The molecule has 1 aromatic rings. The molecule has 1 aliphatic rings. The summed E-state index contributed by atoms with van der Waals surface area (Å²) in [5.41, 5.74) is 4.82. The van der Waals surface area contributed by atoms with Crippen molar-refractivity contribution < 1.29 is 20.1 Å². The number of anilines is 2. The summed E-state index contributed by atoms with van der Waals surface area (Å²) in [4.78, 5) is 23.0. The zero-order valence-electron chi connectivity index (χ0n) is 12.2. The van der Waals surface area contributed by atoms with Gasteiger partial charge in [-0.05, 0) is 13.6 Å². The standard InChI is InChI=1S/C12H19N5O5/c1-4(18)8-6(19)7(20)11(22-8)17(3)9-5(14-2)10(21)16-12(13)15-9/h4,6-8,11,18-20H,2H2,1,3H3,(H3,13,15,16,21)/t4-,6+,7-,8-,11-/m1/s1. The molecule has 10 nitrogen and oxygen atoms in total. The van der Waals surface area contributed by atoms with Crippen LogP contribution in [0.25, 0.3) is 0 Å². The molecule has 0 amide bonds. The third-order valence-electron chi connectivity index (χ3n) is 3.52. The van der Waals surface area contributed by atoms with E-state index in [1.165, 1.54) is 18.9 Å². The predicted molar refractivity (Wildman–Crippen MR) is 79.2 cm³/mol. The number of nitrogens with zero attached hydrogens (tertiary/aromatic N) is 3. The second-order valence-electron chi connectivity index (χ2n) is 5.11. The summed E-state index contributed by atoms with van der Waals surface area (Å²) in [6.45, 7) is 4.73. The van der Waals surface area contributed by atoms with E-state index in [-0.39, 0.29) is 17.5 Å². The maximum Gasteiger partial charge on any atom is 0.280 e. The normalized spacial score (nSPS) is 29.3. The van der Waals surface area contributed by atoms with Gasteiger partial charge in [-0.1, -0.05) is 0 Å². The van der Waals surface area contributed by atoms with Crippen LogP contribution in [0.2, 0.25) is 0 Å². The van der Waals surface area contributed by atoms with E-state index in [4.69, 9.17) is 10.5 Å². The topological polar surface area (TPSA) is 157 Å². The number of aliphatic hydroxyl groups excluding tert-OH is 3. The zero-order valence-corrected chi connectivity index (χ0v) is 12.2. The van der Waals surface area contributed by atoms with E-state index in [1.54, 1.807) is 0 Å². The first-order valence-electron chi connectivity index (χ1n) is 6.57. The van der Waals surface area contributed by atoms with Crippen LogP contribution in [0.4, 0.5) is 17.5 Å². The fraction of sp³-hybridized carbons (Fsp3) is 0.583.